The molecule has 2 aromatic heterocycles. The SMILES string of the molecule is O=C1CCN(C(=O)CCc2csc(-c3cccnc3)n2)c2ccccc21. The van der Waals surface area contributed by atoms with Crippen molar-refractivity contribution < 1.29 is 9.59 Å². The molecule has 3 heterocycles. The number of nitrogens with zero attached hydrogens (tertiary/aromatic N) is 3. The van der Waals surface area contributed by atoms with E-state index in [4.69, 9.17) is 0 Å². The third kappa shape index (κ3) is 3.28. The molecule has 0 N–H and O–H groups in total. The molecule has 1 amide bonds. The molecular weight excluding hydrogens is 346 g/mol. The second-order valence-electron chi connectivity index (χ2n) is 6.12. The van der Waals surface area contributed by atoms with Gasteiger partial charge in [-0.25, -0.2) is 4.98 Å². The van der Waals surface area contributed by atoms with E-state index in [1.165, 1.54) is 0 Å². The summed E-state index contributed by atoms with van der Waals surface area (Å²) in [6.07, 6.45) is 4.86. The van der Waals surface area contributed by atoms with Gasteiger partial charge in [-0.05, 0) is 30.7 Å². The zero-order valence-electron chi connectivity index (χ0n) is 14.1. The zero-order valence-corrected chi connectivity index (χ0v) is 14.9. The Balaban J connectivity index is 1.44. The monoisotopic (exact) mass is 363 g/mol. The highest BCUT2D eigenvalue weighted by Gasteiger charge is 2.26. The van der Waals surface area contributed by atoms with Crippen LogP contribution in [0.25, 0.3) is 10.6 Å². The molecule has 0 atom stereocenters. The third-order valence-corrected chi connectivity index (χ3v) is 5.35. The molecule has 1 aromatic carbocycles. The van der Waals surface area contributed by atoms with Gasteiger partial charge in [0.15, 0.2) is 5.78 Å². The number of carbonyl (C=O) groups excluding carboxylic acids is 2. The highest BCUT2D eigenvalue weighted by Crippen LogP contribution is 2.28. The second-order valence-corrected chi connectivity index (χ2v) is 6.98. The first-order valence-corrected chi connectivity index (χ1v) is 9.38. The number of fused-ring (bicyclic) bond motifs is 1. The maximum absolute atomic E-state index is 12.7. The van der Waals surface area contributed by atoms with Crippen molar-refractivity contribution in [3.05, 3.63) is 65.4 Å². The Kier molecular flexibility index (Phi) is 4.58. The van der Waals surface area contributed by atoms with Gasteiger partial charge in [-0.15, -0.1) is 11.3 Å². The van der Waals surface area contributed by atoms with E-state index < -0.39 is 0 Å². The molecular formula is C20H17N3O2S. The number of rotatable bonds is 4. The van der Waals surface area contributed by atoms with E-state index in [2.05, 4.69) is 9.97 Å². The summed E-state index contributed by atoms with van der Waals surface area (Å²) in [6, 6.07) is 11.2. The molecule has 1 aliphatic rings. The number of aryl methyl sites for hydroxylation is 1. The summed E-state index contributed by atoms with van der Waals surface area (Å²) in [5.41, 5.74) is 3.25. The minimum atomic E-state index is 0.0286. The number of carbonyl (C=O) groups is 2. The standard InChI is InChI=1S/C20H17N3O2S/c24-18-9-11-23(17-6-2-1-5-16(17)18)19(25)8-7-15-13-26-20(22-15)14-4-3-10-21-12-14/h1-6,10,12-13H,7-9,11H2. The number of hydrogen-bond donors (Lipinski definition) is 0. The molecule has 130 valence electrons. The van der Waals surface area contributed by atoms with E-state index in [-0.39, 0.29) is 11.7 Å². The van der Waals surface area contributed by atoms with Gasteiger partial charge in [0.2, 0.25) is 5.91 Å². The quantitative estimate of drug-likeness (QED) is 0.708. The first kappa shape index (κ1) is 16.6. The Morgan fingerprint density at radius 3 is 2.92 bits per heavy atom. The summed E-state index contributed by atoms with van der Waals surface area (Å²) in [4.78, 5) is 35.2. The number of hydrogen-bond acceptors (Lipinski definition) is 5. The van der Waals surface area contributed by atoms with Crippen LogP contribution in [0.4, 0.5) is 5.69 Å². The van der Waals surface area contributed by atoms with E-state index >= 15 is 0 Å². The van der Waals surface area contributed by atoms with Crippen LogP contribution in [0.1, 0.15) is 28.9 Å². The molecule has 0 saturated heterocycles. The number of para-hydroxylation sites is 1. The fourth-order valence-electron chi connectivity index (χ4n) is 3.09. The summed E-state index contributed by atoms with van der Waals surface area (Å²) in [5.74, 6) is 0.131. The number of anilines is 1. The predicted molar refractivity (Wildman–Crippen MR) is 101 cm³/mol. The van der Waals surface area contributed by atoms with Gasteiger partial charge in [-0.2, -0.15) is 0 Å². The van der Waals surface area contributed by atoms with Crippen LogP contribution in [0.5, 0.6) is 0 Å². The van der Waals surface area contributed by atoms with Crippen molar-refractivity contribution in [2.24, 2.45) is 0 Å². The van der Waals surface area contributed by atoms with E-state index in [0.29, 0.717) is 31.4 Å². The largest absolute Gasteiger partial charge is 0.311 e. The van der Waals surface area contributed by atoms with Gasteiger partial charge in [0.25, 0.3) is 0 Å². The molecule has 0 unspecified atom stereocenters. The minimum Gasteiger partial charge on any atom is -0.311 e. The van der Waals surface area contributed by atoms with Crippen molar-refractivity contribution in [3.63, 3.8) is 0 Å². The first-order valence-electron chi connectivity index (χ1n) is 8.50. The first-order chi connectivity index (χ1) is 12.7. The van der Waals surface area contributed by atoms with Crippen LogP contribution in [0.2, 0.25) is 0 Å². The molecule has 4 rings (SSSR count). The Labute approximate surface area is 155 Å². The molecule has 1 aliphatic heterocycles. The number of ketones is 1. The predicted octanol–water partition coefficient (Wildman–Crippen LogP) is 3.76. The van der Waals surface area contributed by atoms with Crippen LogP contribution < -0.4 is 4.90 Å². The van der Waals surface area contributed by atoms with Crippen molar-refractivity contribution in [2.45, 2.75) is 19.3 Å². The third-order valence-electron chi connectivity index (χ3n) is 4.41. The van der Waals surface area contributed by atoms with Gasteiger partial charge >= 0.3 is 0 Å². The summed E-state index contributed by atoms with van der Waals surface area (Å²) >= 11 is 1.56. The van der Waals surface area contributed by atoms with E-state index in [1.54, 1.807) is 34.7 Å². The normalized spacial score (nSPS) is 13.5. The Hall–Kier alpha value is -2.86. The molecule has 6 heteroatoms. The average molecular weight is 363 g/mol. The summed E-state index contributed by atoms with van der Waals surface area (Å²) in [7, 11) is 0. The van der Waals surface area contributed by atoms with Crippen molar-refractivity contribution in [1.29, 1.82) is 0 Å². The summed E-state index contributed by atoms with van der Waals surface area (Å²) < 4.78 is 0. The van der Waals surface area contributed by atoms with Crippen LogP contribution in [0, 0.1) is 0 Å². The highest BCUT2D eigenvalue weighted by molar-refractivity contribution is 7.13. The smallest absolute Gasteiger partial charge is 0.227 e. The molecule has 0 radical (unpaired) electrons. The molecule has 0 saturated carbocycles. The van der Waals surface area contributed by atoms with E-state index in [1.807, 2.05) is 35.7 Å². The molecule has 3 aromatic rings. The number of amides is 1. The lowest BCUT2D eigenvalue weighted by molar-refractivity contribution is -0.118. The number of Topliss-reactive ketones (excluding diaryl/α,β-unsaturated/α-hetero) is 1. The van der Waals surface area contributed by atoms with Gasteiger partial charge in [0.05, 0.1) is 11.4 Å². The average Bonchev–Trinajstić information content (AvgIpc) is 3.16. The van der Waals surface area contributed by atoms with Gasteiger partial charge in [-0.1, -0.05) is 12.1 Å². The van der Waals surface area contributed by atoms with Crippen LogP contribution in [-0.4, -0.2) is 28.2 Å². The Morgan fingerprint density at radius 2 is 2.08 bits per heavy atom. The number of aromatic nitrogens is 2. The van der Waals surface area contributed by atoms with Crippen molar-refractivity contribution in [2.75, 3.05) is 11.4 Å². The molecule has 26 heavy (non-hydrogen) atoms. The van der Waals surface area contributed by atoms with Gasteiger partial charge in [0, 0.05) is 48.3 Å². The van der Waals surface area contributed by atoms with Gasteiger partial charge in [-0.3, -0.25) is 14.6 Å². The molecule has 0 spiro atoms. The fraction of sp³-hybridized carbons (Fsp3) is 0.200. The number of pyridine rings is 1. The molecule has 0 bridgehead atoms. The van der Waals surface area contributed by atoms with Crippen LogP contribution in [-0.2, 0) is 11.2 Å². The lowest BCUT2D eigenvalue weighted by Gasteiger charge is -2.28. The van der Waals surface area contributed by atoms with Crippen LogP contribution in [0.15, 0.2) is 54.2 Å². The maximum Gasteiger partial charge on any atom is 0.227 e. The van der Waals surface area contributed by atoms with Crippen molar-refractivity contribution >= 4 is 28.7 Å². The Morgan fingerprint density at radius 1 is 1.19 bits per heavy atom. The molecule has 0 fully saturated rings. The highest BCUT2D eigenvalue weighted by atomic mass is 32.1. The second kappa shape index (κ2) is 7.17. The summed E-state index contributed by atoms with van der Waals surface area (Å²) in [5, 5.41) is 2.90. The van der Waals surface area contributed by atoms with Crippen LogP contribution in [0.3, 0.4) is 0 Å². The number of benzene rings is 1. The number of thiazole rings is 1. The van der Waals surface area contributed by atoms with Crippen LogP contribution >= 0.6 is 11.3 Å². The summed E-state index contributed by atoms with van der Waals surface area (Å²) in [6.45, 7) is 0.451. The van der Waals surface area contributed by atoms with Gasteiger partial charge < -0.3 is 4.90 Å². The lowest BCUT2D eigenvalue weighted by Crippen LogP contribution is -2.37. The lowest BCUT2D eigenvalue weighted by atomic mass is 10.00. The minimum absolute atomic E-state index is 0.0286. The zero-order chi connectivity index (χ0) is 17.9. The van der Waals surface area contributed by atoms with Crippen molar-refractivity contribution in [3.8, 4) is 10.6 Å². The maximum atomic E-state index is 12.7. The topological polar surface area (TPSA) is 63.2 Å². The molecule has 0 aliphatic carbocycles. The van der Waals surface area contributed by atoms with Crippen molar-refractivity contribution in [1.82, 2.24) is 9.97 Å². The van der Waals surface area contributed by atoms with Gasteiger partial charge in [0.1, 0.15) is 5.01 Å². The molecule has 5 nitrogen and oxygen atoms in total. The Bertz CT molecular complexity index is 952. The van der Waals surface area contributed by atoms with E-state index in [0.717, 1.165) is 22.0 Å². The fourth-order valence-corrected chi connectivity index (χ4v) is 3.93. The van der Waals surface area contributed by atoms with E-state index in [9.17, 15) is 9.59 Å².